The Bertz CT molecular complexity index is 861. The maximum Gasteiger partial charge on any atom is 0.249 e. The van der Waals surface area contributed by atoms with Crippen molar-refractivity contribution in [2.24, 2.45) is 5.73 Å². The molecule has 0 aliphatic rings. The zero-order valence-electron chi connectivity index (χ0n) is 13.7. The Morgan fingerprint density at radius 1 is 1.29 bits per heavy atom. The van der Waals surface area contributed by atoms with Crippen LogP contribution in [0.15, 0.2) is 30.6 Å². The number of nitrogens with two attached hydrogens (primary N) is 1. The highest BCUT2D eigenvalue weighted by atomic mass is 35.5. The first-order chi connectivity index (χ1) is 11.6. The monoisotopic (exact) mass is 346 g/mol. The molecule has 0 radical (unpaired) electrons. The molecule has 0 unspecified atom stereocenters. The van der Waals surface area contributed by atoms with Crippen molar-refractivity contribution in [3.05, 3.63) is 47.0 Å². The number of benzene rings is 1. The Hall–Kier alpha value is -2.67. The summed E-state index contributed by atoms with van der Waals surface area (Å²) >= 11 is 5.94. The number of fused-ring (bicyclic) bond motifs is 1. The van der Waals surface area contributed by atoms with Crippen LogP contribution in [0.4, 0.5) is 5.82 Å². The van der Waals surface area contributed by atoms with Crippen LogP contribution in [0.25, 0.3) is 11.2 Å². The number of nitrogens with zero attached hydrogens (tertiary/aromatic N) is 4. The van der Waals surface area contributed by atoms with Gasteiger partial charge < -0.3 is 15.6 Å². The largest absolute Gasteiger partial charge is 0.371 e. The summed E-state index contributed by atoms with van der Waals surface area (Å²) < 4.78 is 1.80. The molecule has 0 atom stereocenters. The number of hydrogen-bond acceptors (Lipinski definition) is 5. The molecule has 3 aromatic rings. The number of primary amides is 1. The molecule has 3 N–H and O–H groups in total. The minimum Gasteiger partial charge on any atom is -0.371 e. The normalized spacial score (nSPS) is 10.2. The van der Waals surface area contributed by atoms with Crippen molar-refractivity contribution < 1.29 is 4.79 Å². The number of carbonyl (C=O) groups is 1. The lowest BCUT2D eigenvalue weighted by molar-refractivity contribution is 0.0999. The standard InChI is InChI=1S/C14H13ClN6O.C2H6/c1-17-12-10-13(20-14(15)19-12)21(7-18-10)6-8-4-2-3-5-9(8)11(16)22;1-2/h2-5,7H,6H2,1H3,(H2,16,22)(H,17,19,20);1-2H3. The molecule has 0 aliphatic carbocycles. The number of halogens is 1. The van der Waals surface area contributed by atoms with E-state index in [1.807, 2.05) is 26.0 Å². The topological polar surface area (TPSA) is 98.7 Å². The van der Waals surface area contributed by atoms with Gasteiger partial charge in [-0.25, -0.2) is 4.98 Å². The van der Waals surface area contributed by atoms with Gasteiger partial charge in [-0.05, 0) is 23.2 Å². The van der Waals surface area contributed by atoms with Gasteiger partial charge in [0.1, 0.15) is 0 Å². The lowest BCUT2D eigenvalue weighted by Gasteiger charge is -2.08. The number of aromatic nitrogens is 4. The van der Waals surface area contributed by atoms with Crippen LogP contribution in [0, 0.1) is 0 Å². The van der Waals surface area contributed by atoms with Crippen LogP contribution >= 0.6 is 11.6 Å². The van der Waals surface area contributed by atoms with E-state index in [4.69, 9.17) is 17.3 Å². The smallest absolute Gasteiger partial charge is 0.249 e. The van der Waals surface area contributed by atoms with Crippen molar-refractivity contribution in [1.29, 1.82) is 0 Å². The fraction of sp³-hybridized carbons (Fsp3) is 0.250. The molecular formula is C16H19ClN6O. The molecule has 1 amide bonds. The van der Waals surface area contributed by atoms with Gasteiger partial charge in [0.05, 0.1) is 12.9 Å². The minimum atomic E-state index is -0.469. The lowest BCUT2D eigenvalue weighted by Crippen LogP contribution is -2.15. The van der Waals surface area contributed by atoms with Gasteiger partial charge in [0.2, 0.25) is 11.2 Å². The van der Waals surface area contributed by atoms with Crippen molar-refractivity contribution in [2.45, 2.75) is 20.4 Å². The highest BCUT2D eigenvalue weighted by Crippen LogP contribution is 2.21. The molecule has 0 spiro atoms. The molecule has 24 heavy (non-hydrogen) atoms. The maximum absolute atomic E-state index is 11.5. The minimum absolute atomic E-state index is 0.127. The molecule has 2 heterocycles. The zero-order valence-corrected chi connectivity index (χ0v) is 14.5. The average Bonchev–Trinajstić information content (AvgIpc) is 2.99. The Balaban J connectivity index is 0.00000100. The van der Waals surface area contributed by atoms with Crippen LogP contribution in [-0.4, -0.2) is 32.5 Å². The Morgan fingerprint density at radius 3 is 2.67 bits per heavy atom. The van der Waals surface area contributed by atoms with Crippen molar-refractivity contribution >= 4 is 34.5 Å². The van der Waals surface area contributed by atoms with Crippen molar-refractivity contribution in [2.75, 3.05) is 12.4 Å². The quantitative estimate of drug-likeness (QED) is 0.707. The molecule has 8 heteroatoms. The molecule has 7 nitrogen and oxygen atoms in total. The third-order valence-electron chi connectivity index (χ3n) is 3.30. The second-order valence-corrected chi connectivity index (χ2v) is 5.00. The fourth-order valence-electron chi connectivity index (χ4n) is 2.29. The zero-order chi connectivity index (χ0) is 17.7. The van der Waals surface area contributed by atoms with Crippen molar-refractivity contribution in [3.8, 4) is 0 Å². The van der Waals surface area contributed by atoms with Crippen LogP contribution in [0.5, 0.6) is 0 Å². The van der Waals surface area contributed by atoms with Gasteiger partial charge in [0.25, 0.3) is 0 Å². The SMILES string of the molecule is CC.CNc1nc(Cl)nc2c1ncn2Cc1ccccc1C(N)=O. The molecule has 0 aliphatic heterocycles. The Kier molecular flexibility index (Phi) is 5.70. The van der Waals surface area contributed by atoms with E-state index in [0.717, 1.165) is 5.56 Å². The molecule has 0 fully saturated rings. The summed E-state index contributed by atoms with van der Waals surface area (Å²) in [5.41, 5.74) is 7.86. The summed E-state index contributed by atoms with van der Waals surface area (Å²) in [6.45, 7) is 4.41. The number of rotatable bonds is 4. The third-order valence-corrected chi connectivity index (χ3v) is 3.47. The second-order valence-electron chi connectivity index (χ2n) is 4.66. The summed E-state index contributed by atoms with van der Waals surface area (Å²) in [5, 5.41) is 3.06. The number of hydrogen-bond donors (Lipinski definition) is 2. The fourth-order valence-corrected chi connectivity index (χ4v) is 2.45. The number of nitrogens with one attached hydrogen (secondary N) is 1. The van der Waals surface area contributed by atoms with Crippen LogP contribution in [-0.2, 0) is 6.54 Å². The van der Waals surface area contributed by atoms with Crippen LogP contribution in [0.1, 0.15) is 29.8 Å². The number of anilines is 1. The van der Waals surface area contributed by atoms with Gasteiger partial charge in [0, 0.05) is 12.6 Å². The predicted octanol–water partition coefficient (Wildman–Crippen LogP) is 2.69. The number of carbonyl (C=O) groups excluding carboxylic acids is 1. The van der Waals surface area contributed by atoms with Crippen molar-refractivity contribution in [3.63, 3.8) is 0 Å². The van der Waals surface area contributed by atoms with Crippen LogP contribution in [0.2, 0.25) is 5.28 Å². The van der Waals surface area contributed by atoms with Gasteiger partial charge in [-0.1, -0.05) is 32.0 Å². The van der Waals surface area contributed by atoms with Gasteiger partial charge in [0.15, 0.2) is 17.0 Å². The molecule has 1 aromatic carbocycles. The molecular weight excluding hydrogens is 328 g/mol. The van der Waals surface area contributed by atoms with Gasteiger partial charge in [-0.2, -0.15) is 9.97 Å². The molecule has 0 saturated carbocycles. The van der Waals surface area contributed by atoms with E-state index >= 15 is 0 Å². The summed E-state index contributed by atoms with van der Waals surface area (Å²) in [7, 11) is 1.74. The van der Waals surface area contributed by atoms with Gasteiger partial charge in [-0.15, -0.1) is 0 Å². The first-order valence-corrected chi connectivity index (χ1v) is 7.91. The predicted molar refractivity (Wildman–Crippen MR) is 95.3 cm³/mol. The maximum atomic E-state index is 11.5. The Labute approximate surface area is 144 Å². The summed E-state index contributed by atoms with van der Waals surface area (Å²) in [5.74, 6) is 0.0838. The first-order valence-electron chi connectivity index (χ1n) is 7.54. The molecule has 126 valence electrons. The highest BCUT2D eigenvalue weighted by Gasteiger charge is 2.14. The van der Waals surface area contributed by atoms with Crippen molar-refractivity contribution in [1.82, 2.24) is 19.5 Å². The Morgan fingerprint density at radius 2 is 2.00 bits per heavy atom. The average molecular weight is 347 g/mol. The van der Waals surface area contributed by atoms with E-state index in [9.17, 15) is 4.79 Å². The van der Waals surface area contributed by atoms with E-state index in [1.54, 1.807) is 30.1 Å². The second kappa shape index (κ2) is 7.74. The van der Waals surface area contributed by atoms with Gasteiger partial charge in [-0.3, -0.25) is 4.79 Å². The molecule has 3 rings (SSSR count). The van der Waals surface area contributed by atoms with Crippen LogP contribution in [0.3, 0.4) is 0 Å². The summed E-state index contributed by atoms with van der Waals surface area (Å²) in [6.07, 6.45) is 1.63. The molecule has 0 bridgehead atoms. The van der Waals surface area contributed by atoms with E-state index in [0.29, 0.717) is 29.1 Å². The van der Waals surface area contributed by atoms with Gasteiger partial charge >= 0.3 is 0 Å². The molecule has 2 aromatic heterocycles. The lowest BCUT2D eigenvalue weighted by atomic mass is 10.1. The van der Waals surface area contributed by atoms with E-state index in [-0.39, 0.29) is 5.28 Å². The molecule has 0 saturated heterocycles. The van der Waals surface area contributed by atoms with E-state index in [1.165, 1.54) is 0 Å². The van der Waals surface area contributed by atoms with E-state index in [2.05, 4.69) is 20.3 Å². The third kappa shape index (κ3) is 3.46. The highest BCUT2D eigenvalue weighted by molar-refractivity contribution is 6.28. The van der Waals surface area contributed by atoms with Crippen LogP contribution < -0.4 is 11.1 Å². The van der Waals surface area contributed by atoms with E-state index < -0.39 is 5.91 Å². The number of amides is 1. The number of imidazole rings is 1. The summed E-state index contributed by atoms with van der Waals surface area (Å²) in [6, 6.07) is 7.15. The summed E-state index contributed by atoms with van der Waals surface area (Å²) in [4.78, 5) is 24.1. The first kappa shape index (κ1) is 17.7.